The third kappa shape index (κ3) is 4.87. The zero-order valence-corrected chi connectivity index (χ0v) is 13.3. The molecule has 1 unspecified atom stereocenters. The van der Waals surface area contributed by atoms with Crippen LogP contribution in [0, 0.1) is 5.92 Å². The zero-order valence-electron chi connectivity index (χ0n) is 13.3. The Balaban J connectivity index is 2.73. The van der Waals surface area contributed by atoms with E-state index in [1.807, 2.05) is 18.2 Å². The molecule has 1 rings (SSSR count). The SMILES string of the molecule is CCCNc1ccc(C(=O)NCC(C)CC)cc1CC. The molecule has 0 heterocycles. The molecule has 1 aromatic carbocycles. The van der Waals surface area contributed by atoms with Crippen LogP contribution in [0.3, 0.4) is 0 Å². The molecule has 0 aliphatic carbocycles. The highest BCUT2D eigenvalue weighted by Crippen LogP contribution is 2.18. The van der Waals surface area contributed by atoms with Crippen LogP contribution in [-0.4, -0.2) is 19.0 Å². The van der Waals surface area contributed by atoms with Crippen LogP contribution in [0.5, 0.6) is 0 Å². The largest absolute Gasteiger partial charge is 0.385 e. The molecule has 20 heavy (non-hydrogen) atoms. The van der Waals surface area contributed by atoms with Gasteiger partial charge in [0.1, 0.15) is 0 Å². The number of benzene rings is 1. The number of nitrogens with one attached hydrogen (secondary N) is 2. The number of aryl methyl sites for hydroxylation is 1. The van der Waals surface area contributed by atoms with Crippen molar-refractivity contribution >= 4 is 11.6 Å². The van der Waals surface area contributed by atoms with Gasteiger partial charge >= 0.3 is 0 Å². The number of carbonyl (C=O) groups is 1. The first kappa shape index (κ1) is 16.5. The quantitative estimate of drug-likeness (QED) is 0.757. The smallest absolute Gasteiger partial charge is 0.251 e. The van der Waals surface area contributed by atoms with E-state index in [0.29, 0.717) is 5.92 Å². The van der Waals surface area contributed by atoms with E-state index in [-0.39, 0.29) is 5.91 Å². The van der Waals surface area contributed by atoms with Crippen molar-refractivity contribution in [3.63, 3.8) is 0 Å². The van der Waals surface area contributed by atoms with E-state index < -0.39 is 0 Å². The van der Waals surface area contributed by atoms with Crippen LogP contribution >= 0.6 is 0 Å². The predicted molar refractivity (Wildman–Crippen MR) is 86.4 cm³/mol. The monoisotopic (exact) mass is 276 g/mol. The van der Waals surface area contributed by atoms with Crippen LogP contribution in [-0.2, 0) is 6.42 Å². The molecule has 0 fully saturated rings. The van der Waals surface area contributed by atoms with Gasteiger partial charge in [-0.25, -0.2) is 0 Å². The number of amides is 1. The van der Waals surface area contributed by atoms with Crippen molar-refractivity contribution in [2.45, 2.75) is 47.0 Å². The molecule has 3 heteroatoms. The molecule has 0 saturated carbocycles. The van der Waals surface area contributed by atoms with Crippen molar-refractivity contribution < 1.29 is 4.79 Å². The molecule has 0 spiro atoms. The summed E-state index contributed by atoms with van der Waals surface area (Å²) in [5, 5.41) is 6.41. The fraction of sp³-hybridized carbons (Fsp3) is 0.588. The van der Waals surface area contributed by atoms with Crippen LogP contribution in [0.4, 0.5) is 5.69 Å². The first-order chi connectivity index (χ1) is 9.62. The van der Waals surface area contributed by atoms with E-state index in [9.17, 15) is 4.79 Å². The van der Waals surface area contributed by atoms with Crippen LogP contribution < -0.4 is 10.6 Å². The molecular weight excluding hydrogens is 248 g/mol. The van der Waals surface area contributed by atoms with Gasteiger partial charge in [-0.1, -0.05) is 34.1 Å². The molecule has 1 aromatic rings. The normalized spacial score (nSPS) is 12.0. The lowest BCUT2D eigenvalue weighted by Gasteiger charge is -2.13. The standard InChI is InChI=1S/C17H28N2O/c1-5-10-18-16-9-8-15(11-14(16)7-3)17(20)19-12-13(4)6-2/h8-9,11,13,18H,5-7,10,12H2,1-4H3,(H,19,20). The molecule has 0 bridgehead atoms. The maximum Gasteiger partial charge on any atom is 0.251 e. The summed E-state index contributed by atoms with van der Waals surface area (Å²) in [6, 6.07) is 5.93. The van der Waals surface area contributed by atoms with Gasteiger partial charge < -0.3 is 10.6 Å². The predicted octanol–water partition coefficient (Wildman–Crippen LogP) is 3.85. The zero-order chi connectivity index (χ0) is 15.0. The van der Waals surface area contributed by atoms with Crippen LogP contribution in [0.2, 0.25) is 0 Å². The summed E-state index contributed by atoms with van der Waals surface area (Å²) in [7, 11) is 0. The van der Waals surface area contributed by atoms with Crippen molar-refractivity contribution in [3.8, 4) is 0 Å². The van der Waals surface area contributed by atoms with Crippen molar-refractivity contribution in [3.05, 3.63) is 29.3 Å². The summed E-state index contributed by atoms with van der Waals surface area (Å²) < 4.78 is 0. The van der Waals surface area contributed by atoms with E-state index in [1.54, 1.807) is 0 Å². The topological polar surface area (TPSA) is 41.1 Å². The van der Waals surface area contributed by atoms with Gasteiger partial charge in [0.05, 0.1) is 0 Å². The van der Waals surface area contributed by atoms with Crippen molar-refractivity contribution in [2.24, 2.45) is 5.92 Å². The first-order valence-electron chi connectivity index (χ1n) is 7.77. The van der Waals surface area contributed by atoms with Gasteiger partial charge in [0.15, 0.2) is 0 Å². The summed E-state index contributed by atoms with van der Waals surface area (Å²) in [5.74, 6) is 0.553. The van der Waals surface area contributed by atoms with Gasteiger partial charge in [-0.15, -0.1) is 0 Å². The van der Waals surface area contributed by atoms with Crippen LogP contribution in [0.25, 0.3) is 0 Å². The second-order valence-corrected chi connectivity index (χ2v) is 5.38. The summed E-state index contributed by atoms with van der Waals surface area (Å²) in [4.78, 5) is 12.1. The highest BCUT2D eigenvalue weighted by molar-refractivity contribution is 5.94. The Hall–Kier alpha value is -1.51. The van der Waals surface area contributed by atoms with Gasteiger partial charge in [-0.05, 0) is 42.5 Å². The maximum absolute atomic E-state index is 12.1. The Kier molecular flexibility index (Phi) is 7.13. The molecule has 0 aromatic heterocycles. The van der Waals surface area contributed by atoms with Crippen LogP contribution in [0.15, 0.2) is 18.2 Å². The van der Waals surface area contributed by atoms with Gasteiger partial charge in [0.25, 0.3) is 5.91 Å². The summed E-state index contributed by atoms with van der Waals surface area (Å²) >= 11 is 0. The average molecular weight is 276 g/mol. The summed E-state index contributed by atoms with van der Waals surface area (Å²) in [6.07, 6.45) is 3.11. The molecule has 1 atom stereocenters. The number of rotatable bonds is 8. The van der Waals surface area contributed by atoms with Crippen molar-refractivity contribution in [1.29, 1.82) is 0 Å². The summed E-state index contributed by atoms with van der Waals surface area (Å²) in [6.45, 7) is 10.3. The minimum Gasteiger partial charge on any atom is -0.385 e. The second-order valence-electron chi connectivity index (χ2n) is 5.38. The fourth-order valence-corrected chi connectivity index (χ4v) is 1.97. The Morgan fingerprint density at radius 3 is 2.60 bits per heavy atom. The number of hydrogen-bond donors (Lipinski definition) is 2. The first-order valence-corrected chi connectivity index (χ1v) is 7.77. The van der Waals surface area contributed by atoms with Gasteiger partial charge in [-0.2, -0.15) is 0 Å². The number of carbonyl (C=O) groups excluding carboxylic acids is 1. The lowest BCUT2D eigenvalue weighted by molar-refractivity contribution is 0.0948. The highest BCUT2D eigenvalue weighted by atomic mass is 16.1. The molecule has 0 radical (unpaired) electrons. The van der Waals surface area contributed by atoms with Gasteiger partial charge in [0, 0.05) is 24.3 Å². The second kappa shape index (κ2) is 8.62. The summed E-state index contributed by atoms with van der Waals surface area (Å²) in [5.41, 5.74) is 3.11. The minimum absolute atomic E-state index is 0.0297. The Bertz CT molecular complexity index is 429. The fourth-order valence-electron chi connectivity index (χ4n) is 1.97. The van der Waals surface area contributed by atoms with E-state index in [2.05, 4.69) is 38.3 Å². The lowest BCUT2D eigenvalue weighted by atomic mass is 10.0. The average Bonchev–Trinajstić information content (AvgIpc) is 2.49. The van der Waals surface area contributed by atoms with E-state index in [0.717, 1.165) is 43.6 Å². The van der Waals surface area contributed by atoms with Gasteiger partial charge in [0.2, 0.25) is 0 Å². The molecule has 0 aliphatic rings. The Morgan fingerprint density at radius 2 is 2.00 bits per heavy atom. The Morgan fingerprint density at radius 1 is 1.25 bits per heavy atom. The Labute approximate surface area is 123 Å². The van der Waals surface area contributed by atoms with E-state index >= 15 is 0 Å². The lowest BCUT2D eigenvalue weighted by Crippen LogP contribution is -2.28. The highest BCUT2D eigenvalue weighted by Gasteiger charge is 2.09. The number of anilines is 1. The molecular formula is C17H28N2O. The minimum atomic E-state index is 0.0297. The molecule has 0 saturated heterocycles. The van der Waals surface area contributed by atoms with Gasteiger partial charge in [-0.3, -0.25) is 4.79 Å². The molecule has 112 valence electrons. The molecule has 3 nitrogen and oxygen atoms in total. The van der Waals surface area contributed by atoms with Crippen molar-refractivity contribution in [2.75, 3.05) is 18.4 Å². The molecule has 1 amide bonds. The number of hydrogen-bond acceptors (Lipinski definition) is 2. The van der Waals surface area contributed by atoms with E-state index in [1.165, 1.54) is 5.56 Å². The molecule has 0 aliphatic heterocycles. The third-order valence-electron chi connectivity index (χ3n) is 3.62. The molecule has 2 N–H and O–H groups in total. The third-order valence-corrected chi connectivity index (χ3v) is 3.62. The van der Waals surface area contributed by atoms with Crippen LogP contribution in [0.1, 0.15) is 56.5 Å². The van der Waals surface area contributed by atoms with E-state index in [4.69, 9.17) is 0 Å². The van der Waals surface area contributed by atoms with Crippen molar-refractivity contribution in [1.82, 2.24) is 5.32 Å². The maximum atomic E-state index is 12.1.